The summed E-state index contributed by atoms with van der Waals surface area (Å²) in [5, 5.41) is 9.23. The van der Waals surface area contributed by atoms with E-state index in [0.717, 1.165) is 10.8 Å². The van der Waals surface area contributed by atoms with Crippen molar-refractivity contribution in [3.63, 3.8) is 0 Å². The molecule has 0 saturated carbocycles. The number of hydrogen-bond donors (Lipinski definition) is 2. The first-order valence-corrected chi connectivity index (χ1v) is 3.77. The van der Waals surface area contributed by atoms with Gasteiger partial charge in [0.1, 0.15) is 0 Å². The lowest BCUT2D eigenvalue weighted by Crippen LogP contribution is -2.13. The Balaban J connectivity index is 2.66. The number of hydrogen-bond acceptors (Lipinski definition) is 4. The van der Waals surface area contributed by atoms with Gasteiger partial charge in [-0.25, -0.2) is 9.36 Å². The zero-order valence-corrected chi connectivity index (χ0v) is 6.93. The summed E-state index contributed by atoms with van der Waals surface area (Å²) in [6, 6.07) is 2.64. The summed E-state index contributed by atoms with van der Waals surface area (Å²) < 4.78 is 5.37. The maximum atomic E-state index is 11.1. The number of aromatic hydroxyl groups is 1. The Bertz CT molecular complexity index is 543. The maximum absolute atomic E-state index is 11.1. The third-order valence-corrected chi connectivity index (χ3v) is 1.70. The molecule has 0 aromatic carbocycles. The fraction of sp³-hybridized carbons (Fsp3) is 0. The Morgan fingerprint density at radius 3 is 2.64 bits per heavy atom. The molecule has 0 amide bonds. The van der Waals surface area contributed by atoms with Gasteiger partial charge in [0.05, 0.1) is 5.69 Å². The van der Waals surface area contributed by atoms with Crippen molar-refractivity contribution < 1.29 is 9.52 Å². The second-order valence-electron chi connectivity index (χ2n) is 2.61. The van der Waals surface area contributed by atoms with Crippen LogP contribution in [0.1, 0.15) is 0 Å². The molecule has 0 fully saturated rings. The highest BCUT2D eigenvalue weighted by molar-refractivity contribution is 5.30. The number of pyridine rings is 1. The quantitative estimate of drug-likeness (QED) is 0.659. The van der Waals surface area contributed by atoms with E-state index in [4.69, 9.17) is 0 Å². The fourth-order valence-corrected chi connectivity index (χ4v) is 1.08. The molecule has 2 aromatic rings. The molecule has 72 valence electrons. The van der Waals surface area contributed by atoms with Crippen LogP contribution in [-0.2, 0) is 0 Å². The summed E-state index contributed by atoms with van der Waals surface area (Å²) in [4.78, 5) is 24.2. The van der Waals surface area contributed by atoms with Crippen molar-refractivity contribution in [2.45, 2.75) is 0 Å². The van der Waals surface area contributed by atoms with Crippen LogP contribution in [0.15, 0.2) is 38.6 Å². The molecule has 0 bridgehead atoms. The first-order chi connectivity index (χ1) is 6.68. The maximum Gasteiger partial charge on any atom is 0.426 e. The van der Waals surface area contributed by atoms with Gasteiger partial charge in [0, 0.05) is 12.3 Å². The van der Waals surface area contributed by atoms with Crippen molar-refractivity contribution >= 4 is 0 Å². The average molecular weight is 194 g/mol. The van der Waals surface area contributed by atoms with Gasteiger partial charge in [-0.15, -0.1) is 0 Å². The summed E-state index contributed by atoms with van der Waals surface area (Å²) in [6.45, 7) is 0. The molecule has 14 heavy (non-hydrogen) atoms. The van der Waals surface area contributed by atoms with Crippen molar-refractivity contribution in [3.8, 4) is 11.6 Å². The molecule has 0 unspecified atom stereocenters. The molecule has 0 aliphatic heterocycles. The van der Waals surface area contributed by atoms with Crippen molar-refractivity contribution in [2.24, 2.45) is 0 Å². The Morgan fingerprint density at radius 2 is 2.14 bits per heavy atom. The number of aromatic nitrogens is 2. The molecular formula is C8H6N2O4. The molecule has 2 aromatic heterocycles. The van der Waals surface area contributed by atoms with Crippen molar-refractivity contribution in [3.05, 3.63) is 45.5 Å². The lowest BCUT2D eigenvalue weighted by molar-refractivity contribution is 0.438. The van der Waals surface area contributed by atoms with E-state index in [9.17, 15) is 14.7 Å². The zero-order chi connectivity index (χ0) is 10.1. The van der Waals surface area contributed by atoms with Gasteiger partial charge in [-0.05, 0) is 6.07 Å². The van der Waals surface area contributed by atoms with E-state index >= 15 is 0 Å². The summed E-state index contributed by atoms with van der Waals surface area (Å²) >= 11 is 0. The molecule has 0 aliphatic carbocycles. The Kier molecular flexibility index (Phi) is 1.74. The van der Waals surface area contributed by atoms with Gasteiger partial charge in [-0.3, -0.25) is 4.79 Å². The Morgan fingerprint density at radius 1 is 1.36 bits per heavy atom. The zero-order valence-electron chi connectivity index (χ0n) is 6.93. The predicted octanol–water partition coefficient (Wildman–Crippen LogP) is -0.176. The fourth-order valence-electron chi connectivity index (χ4n) is 1.08. The van der Waals surface area contributed by atoms with Gasteiger partial charge < -0.3 is 14.5 Å². The molecule has 2 rings (SSSR count). The van der Waals surface area contributed by atoms with Gasteiger partial charge in [-0.2, -0.15) is 0 Å². The summed E-state index contributed by atoms with van der Waals surface area (Å²) in [7, 11) is 0. The summed E-state index contributed by atoms with van der Waals surface area (Å²) in [5.74, 6) is -1.03. The third-order valence-electron chi connectivity index (χ3n) is 1.70. The van der Waals surface area contributed by atoms with Crippen LogP contribution < -0.4 is 11.3 Å². The minimum atomic E-state index is -0.713. The minimum Gasteiger partial charge on any atom is -0.492 e. The van der Waals surface area contributed by atoms with Crippen molar-refractivity contribution in [1.82, 2.24) is 9.55 Å². The van der Waals surface area contributed by atoms with E-state index in [0.29, 0.717) is 5.69 Å². The van der Waals surface area contributed by atoms with E-state index in [1.54, 1.807) is 0 Å². The molecular weight excluding hydrogens is 188 g/mol. The van der Waals surface area contributed by atoms with Crippen LogP contribution in [-0.4, -0.2) is 14.7 Å². The van der Waals surface area contributed by atoms with Crippen LogP contribution in [0.4, 0.5) is 0 Å². The first kappa shape index (κ1) is 8.36. The topological polar surface area (TPSA) is 88.2 Å². The molecule has 6 heteroatoms. The number of rotatable bonds is 1. The largest absolute Gasteiger partial charge is 0.492 e. The highest BCUT2D eigenvalue weighted by Gasteiger charge is 2.08. The highest BCUT2D eigenvalue weighted by atomic mass is 16.4. The lowest BCUT2D eigenvalue weighted by Gasteiger charge is -1.98. The minimum absolute atomic E-state index is 0.287. The molecule has 0 spiro atoms. The van der Waals surface area contributed by atoms with Crippen LogP contribution in [0.25, 0.3) is 5.69 Å². The van der Waals surface area contributed by atoms with Gasteiger partial charge >= 0.3 is 5.76 Å². The van der Waals surface area contributed by atoms with E-state index < -0.39 is 5.76 Å². The molecule has 2 heterocycles. The van der Waals surface area contributed by atoms with Crippen LogP contribution in [0.3, 0.4) is 0 Å². The van der Waals surface area contributed by atoms with Crippen molar-refractivity contribution in [1.29, 1.82) is 0 Å². The predicted molar refractivity (Wildman–Crippen MR) is 46.6 cm³/mol. The summed E-state index contributed by atoms with van der Waals surface area (Å²) in [6.07, 6.45) is 2.23. The van der Waals surface area contributed by atoms with Gasteiger partial charge in [0.25, 0.3) is 0 Å². The molecule has 6 nitrogen and oxygen atoms in total. The number of aromatic amines is 1. The average Bonchev–Trinajstić information content (AvgIpc) is 2.49. The van der Waals surface area contributed by atoms with E-state index in [-0.39, 0.29) is 11.4 Å². The molecule has 2 N–H and O–H groups in total. The second-order valence-corrected chi connectivity index (χ2v) is 2.61. The molecule has 0 atom stereocenters. The van der Waals surface area contributed by atoms with Gasteiger partial charge in [0.2, 0.25) is 11.4 Å². The summed E-state index contributed by atoms with van der Waals surface area (Å²) in [5.41, 5.74) is 0.0469. The second kappa shape index (κ2) is 2.91. The number of H-pyrrole nitrogens is 1. The smallest absolute Gasteiger partial charge is 0.426 e. The van der Waals surface area contributed by atoms with Crippen LogP contribution in [0, 0.1) is 0 Å². The van der Waals surface area contributed by atoms with Crippen molar-refractivity contribution in [2.75, 3.05) is 0 Å². The monoisotopic (exact) mass is 194 g/mol. The normalized spacial score (nSPS) is 10.3. The lowest BCUT2D eigenvalue weighted by atomic mass is 10.4. The number of oxazole rings is 1. The van der Waals surface area contributed by atoms with E-state index in [1.807, 2.05) is 0 Å². The van der Waals surface area contributed by atoms with Gasteiger partial charge in [-0.1, -0.05) is 0 Å². The SMILES string of the molecule is O=c1ccc(-n2c(O)coc2=O)c[nH]1. The Labute approximate surface area is 77.0 Å². The highest BCUT2D eigenvalue weighted by Crippen LogP contribution is 2.11. The number of nitrogens with one attached hydrogen (secondary N) is 1. The standard InChI is InChI=1S/C8H6N2O4/c11-6-2-1-5(3-9-6)10-7(12)4-14-8(10)13/h1-4,12H,(H,9,11). The van der Waals surface area contributed by atoms with Crippen LogP contribution in [0.5, 0.6) is 5.88 Å². The third kappa shape index (κ3) is 1.22. The number of nitrogens with zero attached hydrogens (tertiary/aromatic N) is 1. The van der Waals surface area contributed by atoms with E-state index in [1.165, 1.54) is 18.3 Å². The molecule has 0 aliphatic rings. The first-order valence-electron chi connectivity index (χ1n) is 3.77. The van der Waals surface area contributed by atoms with Crippen LogP contribution >= 0.6 is 0 Å². The van der Waals surface area contributed by atoms with E-state index in [2.05, 4.69) is 9.40 Å². The van der Waals surface area contributed by atoms with Crippen LogP contribution in [0.2, 0.25) is 0 Å². The Hall–Kier alpha value is -2.24. The molecule has 0 radical (unpaired) electrons. The molecule has 0 saturated heterocycles. The van der Waals surface area contributed by atoms with Gasteiger partial charge in [0.15, 0.2) is 6.26 Å².